The molecule has 0 saturated carbocycles. The molecule has 0 fully saturated rings. The lowest BCUT2D eigenvalue weighted by molar-refractivity contribution is 0.0979. The summed E-state index contributed by atoms with van der Waals surface area (Å²) in [4.78, 5) is 29.8. The molecule has 0 spiro atoms. The Balaban J connectivity index is 1.88. The van der Waals surface area contributed by atoms with Gasteiger partial charge in [-0.05, 0) is 24.3 Å². The number of aromatic hydroxyl groups is 1. The minimum atomic E-state index is -0.216. The summed E-state index contributed by atoms with van der Waals surface area (Å²) in [6.07, 6.45) is 0. The molecule has 1 aliphatic rings. The van der Waals surface area contributed by atoms with Gasteiger partial charge in [-0.15, -0.1) is 11.3 Å². The molecule has 3 aromatic rings. The topological polar surface area (TPSA) is 67.3 Å². The lowest BCUT2D eigenvalue weighted by atomic mass is 9.91. The number of ketones is 2. The Hall–Kier alpha value is -2.79. The molecule has 2 aromatic carbocycles. The van der Waals surface area contributed by atoms with E-state index in [4.69, 9.17) is 0 Å². The molecule has 0 bridgehead atoms. The van der Waals surface area contributed by atoms with Gasteiger partial charge in [0.1, 0.15) is 21.3 Å². The van der Waals surface area contributed by atoms with E-state index in [1.807, 2.05) is 0 Å². The molecule has 22 heavy (non-hydrogen) atoms. The Bertz CT molecular complexity index is 873. The van der Waals surface area contributed by atoms with Crippen LogP contribution in [0.1, 0.15) is 31.3 Å². The highest BCUT2D eigenvalue weighted by Gasteiger charge is 2.33. The standard InChI is InChI=1S/C17H9NO3S/c19-10-7-5-9(6-8-10)17-18-13-14(20)11-3-1-2-4-12(11)15(21)16(13)22-17/h1-8,19H. The molecule has 4 rings (SSSR count). The maximum absolute atomic E-state index is 12.5. The number of carbonyl (C=O) groups excluding carboxylic acids is 2. The number of rotatable bonds is 1. The van der Waals surface area contributed by atoms with Gasteiger partial charge in [-0.2, -0.15) is 0 Å². The second-order valence-corrected chi connectivity index (χ2v) is 5.95. The van der Waals surface area contributed by atoms with Gasteiger partial charge in [-0.3, -0.25) is 9.59 Å². The first-order chi connectivity index (χ1) is 10.6. The first-order valence-corrected chi connectivity index (χ1v) is 7.45. The van der Waals surface area contributed by atoms with Gasteiger partial charge in [-0.25, -0.2) is 4.98 Å². The molecule has 0 atom stereocenters. The fourth-order valence-corrected chi connectivity index (χ4v) is 3.51. The maximum atomic E-state index is 12.5. The van der Waals surface area contributed by atoms with Crippen LogP contribution in [0.2, 0.25) is 0 Å². The van der Waals surface area contributed by atoms with Crippen molar-refractivity contribution >= 4 is 22.9 Å². The Morgan fingerprint density at radius 3 is 2.18 bits per heavy atom. The number of hydrogen-bond acceptors (Lipinski definition) is 5. The molecular weight excluding hydrogens is 298 g/mol. The van der Waals surface area contributed by atoms with E-state index in [9.17, 15) is 14.7 Å². The molecule has 1 aromatic heterocycles. The van der Waals surface area contributed by atoms with Crippen LogP contribution < -0.4 is 0 Å². The number of phenols is 1. The SMILES string of the molecule is O=C1c2ccccc2C(=O)c2sc(-c3ccc(O)cc3)nc21. The lowest BCUT2D eigenvalue weighted by Gasteiger charge is -2.11. The van der Waals surface area contributed by atoms with E-state index in [2.05, 4.69) is 4.98 Å². The van der Waals surface area contributed by atoms with Crippen LogP contribution in [-0.2, 0) is 0 Å². The number of thiazole rings is 1. The van der Waals surface area contributed by atoms with Crippen molar-refractivity contribution in [2.75, 3.05) is 0 Å². The molecule has 5 heteroatoms. The zero-order chi connectivity index (χ0) is 15.3. The summed E-state index contributed by atoms with van der Waals surface area (Å²) in [6.45, 7) is 0. The van der Waals surface area contributed by atoms with Crippen LogP contribution in [0.15, 0.2) is 48.5 Å². The summed E-state index contributed by atoms with van der Waals surface area (Å²) < 4.78 is 0. The molecule has 0 unspecified atom stereocenters. The molecule has 1 heterocycles. The molecule has 0 amide bonds. The lowest BCUT2D eigenvalue weighted by Crippen LogP contribution is -2.19. The predicted octanol–water partition coefficient (Wildman–Crippen LogP) is 3.29. The number of benzene rings is 2. The minimum absolute atomic E-state index is 0.157. The van der Waals surface area contributed by atoms with E-state index < -0.39 is 0 Å². The van der Waals surface area contributed by atoms with Gasteiger partial charge in [0.05, 0.1) is 0 Å². The predicted molar refractivity (Wildman–Crippen MR) is 82.5 cm³/mol. The number of fused-ring (bicyclic) bond motifs is 2. The quantitative estimate of drug-likeness (QED) is 0.586. The fraction of sp³-hybridized carbons (Fsp3) is 0. The van der Waals surface area contributed by atoms with Gasteiger partial charge in [-0.1, -0.05) is 24.3 Å². The number of phenolic OH excluding ortho intramolecular Hbond substituents is 1. The first kappa shape index (κ1) is 12.9. The molecule has 1 N–H and O–H groups in total. The first-order valence-electron chi connectivity index (χ1n) is 6.64. The van der Waals surface area contributed by atoms with E-state index in [-0.39, 0.29) is 23.0 Å². The molecule has 0 saturated heterocycles. The monoisotopic (exact) mass is 307 g/mol. The van der Waals surface area contributed by atoms with E-state index in [1.165, 1.54) is 11.3 Å². The summed E-state index contributed by atoms with van der Waals surface area (Å²) in [5, 5.41) is 9.94. The van der Waals surface area contributed by atoms with Crippen molar-refractivity contribution in [1.82, 2.24) is 4.98 Å². The largest absolute Gasteiger partial charge is 0.508 e. The van der Waals surface area contributed by atoms with Gasteiger partial charge in [0.25, 0.3) is 0 Å². The summed E-state index contributed by atoms with van der Waals surface area (Å²) >= 11 is 1.21. The highest BCUT2D eigenvalue weighted by Crippen LogP contribution is 2.35. The Labute approximate surface area is 129 Å². The minimum Gasteiger partial charge on any atom is -0.508 e. The summed E-state index contributed by atoms with van der Waals surface area (Å²) in [7, 11) is 0. The average Bonchev–Trinajstić information content (AvgIpc) is 2.99. The Morgan fingerprint density at radius 2 is 1.50 bits per heavy atom. The normalized spacial score (nSPS) is 12.9. The van der Waals surface area contributed by atoms with Gasteiger partial charge in [0.2, 0.25) is 11.6 Å². The average molecular weight is 307 g/mol. The van der Waals surface area contributed by atoms with Crippen molar-refractivity contribution in [3.05, 3.63) is 70.2 Å². The van der Waals surface area contributed by atoms with Crippen molar-refractivity contribution in [3.63, 3.8) is 0 Å². The molecular formula is C17H9NO3S. The number of aromatic nitrogens is 1. The van der Waals surface area contributed by atoms with Crippen LogP contribution in [0, 0.1) is 0 Å². The Kier molecular flexibility index (Phi) is 2.71. The summed E-state index contributed by atoms with van der Waals surface area (Å²) in [6, 6.07) is 13.3. The van der Waals surface area contributed by atoms with Crippen LogP contribution in [0.3, 0.4) is 0 Å². The van der Waals surface area contributed by atoms with Gasteiger partial charge in [0, 0.05) is 16.7 Å². The number of hydrogen-bond donors (Lipinski definition) is 1. The zero-order valence-electron chi connectivity index (χ0n) is 11.2. The smallest absolute Gasteiger partial charge is 0.213 e. The van der Waals surface area contributed by atoms with Crippen LogP contribution in [0.4, 0.5) is 0 Å². The second kappa shape index (κ2) is 4.61. The summed E-state index contributed by atoms with van der Waals surface area (Å²) in [5.74, 6) is -0.219. The molecule has 4 nitrogen and oxygen atoms in total. The van der Waals surface area contributed by atoms with Gasteiger partial charge in [0.15, 0.2) is 0 Å². The third kappa shape index (κ3) is 1.79. The van der Waals surface area contributed by atoms with Crippen LogP contribution in [0.5, 0.6) is 5.75 Å². The maximum Gasteiger partial charge on any atom is 0.213 e. The summed E-state index contributed by atoms with van der Waals surface area (Å²) in [5.41, 5.74) is 1.82. The third-order valence-corrected chi connectivity index (χ3v) is 4.68. The number of carbonyl (C=O) groups is 2. The van der Waals surface area contributed by atoms with Crippen molar-refractivity contribution < 1.29 is 14.7 Å². The zero-order valence-corrected chi connectivity index (χ0v) is 12.1. The highest BCUT2D eigenvalue weighted by molar-refractivity contribution is 7.17. The van der Waals surface area contributed by atoms with Crippen molar-refractivity contribution in [2.45, 2.75) is 0 Å². The van der Waals surface area contributed by atoms with Crippen molar-refractivity contribution in [2.24, 2.45) is 0 Å². The van der Waals surface area contributed by atoms with Crippen LogP contribution in [0.25, 0.3) is 10.6 Å². The van der Waals surface area contributed by atoms with E-state index in [1.54, 1.807) is 48.5 Å². The fourth-order valence-electron chi connectivity index (χ4n) is 2.48. The molecule has 0 aliphatic heterocycles. The molecule has 0 radical (unpaired) electrons. The van der Waals surface area contributed by atoms with E-state index in [0.717, 1.165) is 5.56 Å². The molecule has 1 aliphatic carbocycles. The van der Waals surface area contributed by atoms with Crippen molar-refractivity contribution in [1.29, 1.82) is 0 Å². The number of nitrogens with zero attached hydrogens (tertiary/aromatic N) is 1. The third-order valence-electron chi connectivity index (χ3n) is 3.58. The van der Waals surface area contributed by atoms with E-state index in [0.29, 0.717) is 21.0 Å². The van der Waals surface area contributed by atoms with Crippen LogP contribution >= 0.6 is 11.3 Å². The second-order valence-electron chi connectivity index (χ2n) is 4.95. The highest BCUT2D eigenvalue weighted by atomic mass is 32.1. The molecule has 106 valence electrons. The van der Waals surface area contributed by atoms with E-state index >= 15 is 0 Å². The van der Waals surface area contributed by atoms with Gasteiger partial charge >= 0.3 is 0 Å². The van der Waals surface area contributed by atoms with Crippen LogP contribution in [-0.4, -0.2) is 21.7 Å². The van der Waals surface area contributed by atoms with Crippen molar-refractivity contribution in [3.8, 4) is 16.3 Å². The van der Waals surface area contributed by atoms with Gasteiger partial charge < -0.3 is 5.11 Å². The Morgan fingerprint density at radius 1 is 0.864 bits per heavy atom.